The zero-order chi connectivity index (χ0) is 11.8. The third-order valence-electron chi connectivity index (χ3n) is 2.77. The van der Waals surface area contributed by atoms with E-state index in [1.54, 1.807) is 0 Å². The molecule has 0 aromatic rings. The molecule has 1 saturated heterocycles. The van der Waals surface area contributed by atoms with Crippen LogP contribution in [0.3, 0.4) is 0 Å². The molecule has 2 unspecified atom stereocenters. The van der Waals surface area contributed by atoms with Gasteiger partial charge in [-0.25, -0.2) is 0 Å². The molecule has 3 nitrogen and oxygen atoms in total. The molecule has 2 atom stereocenters. The molecule has 1 aliphatic rings. The van der Waals surface area contributed by atoms with Gasteiger partial charge in [-0.15, -0.1) is 11.6 Å². The number of hydrogen-bond acceptors (Lipinski definition) is 3. The minimum Gasteiger partial charge on any atom is -0.380 e. The third-order valence-corrected chi connectivity index (χ3v) is 3.11. The highest BCUT2D eigenvalue weighted by Crippen LogP contribution is 2.11. The van der Waals surface area contributed by atoms with Gasteiger partial charge in [0.25, 0.3) is 0 Å². The van der Waals surface area contributed by atoms with E-state index in [0.29, 0.717) is 5.88 Å². The van der Waals surface area contributed by atoms with Crippen molar-refractivity contribution in [3.05, 3.63) is 0 Å². The maximum Gasteiger partial charge on any atom is 0.0841 e. The second-order valence-electron chi connectivity index (χ2n) is 4.45. The number of rotatable bonds is 7. The van der Waals surface area contributed by atoms with Crippen LogP contribution in [0.1, 0.15) is 26.7 Å². The lowest BCUT2D eigenvalue weighted by Gasteiger charge is -2.35. The topological polar surface area (TPSA) is 21.7 Å². The molecule has 1 fully saturated rings. The Morgan fingerprint density at radius 1 is 1.38 bits per heavy atom. The Balaban J connectivity index is 2.10. The summed E-state index contributed by atoms with van der Waals surface area (Å²) in [6.07, 6.45) is 2.82. The molecule has 96 valence electrons. The van der Waals surface area contributed by atoms with Crippen LogP contribution in [0.5, 0.6) is 0 Å². The van der Waals surface area contributed by atoms with Gasteiger partial charge in [0.1, 0.15) is 0 Å². The zero-order valence-corrected chi connectivity index (χ0v) is 11.2. The minimum atomic E-state index is 0.182. The summed E-state index contributed by atoms with van der Waals surface area (Å²) < 4.78 is 11.3. The smallest absolute Gasteiger partial charge is 0.0841 e. The molecule has 0 spiro atoms. The van der Waals surface area contributed by atoms with Crippen LogP contribution in [0, 0.1) is 0 Å². The number of hydrogen-bond donors (Lipinski definition) is 0. The van der Waals surface area contributed by atoms with Gasteiger partial charge in [-0.1, -0.05) is 13.3 Å². The Labute approximate surface area is 104 Å². The van der Waals surface area contributed by atoms with Gasteiger partial charge < -0.3 is 9.47 Å². The Bertz CT molecular complexity index is 180. The summed E-state index contributed by atoms with van der Waals surface area (Å²) in [7, 11) is 0. The lowest BCUT2D eigenvalue weighted by atomic mass is 10.2. The summed E-state index contributed by atoms with van der Waals surface area (Å²) in [5, 5.41) is 0. The Hall–Kier alpha value is 0.170. The van der Waals surface area contributed by atoms with Crippen LogP contribution in [-0.2, 0) is 9.47 Å². The van der Waals surface area contributed by atoms with Crippen LogP contribution in [0.15, 0.2) is 0 Å². The van der Waals surface area contributed by atoms with Crippen molar-refractivity contribution < 1.29 is 9.47 Å². The molecule has 0 bridgehead atoms. The Kier molecular flexibility index (Phi) is 7.37. The van der Waals surface area contributed by atoms with E-state index >= 15 is 0 Å². The highest BCUT2D eigenvalue weighted by Gasteiger charge is 2.23. The average molecular weight is 250 g/mol. The van der Waals surface area contributed by atoms with Crippen molar-refractivity contribution in [2.75, 3.05) is 38.7 Å². The van der Waals surface area contributed by atoms with E-state index in [1.165, 1.54) is 6.42 Å². The fourth-order valence-corrected chi connectivity index (χ4v) is 2.12. The summed E-state index contributed by atoms with van der Waals surface area (Å²) in [4.78, 5) is 2.38. The van der Waals surface area contributed by atoms with Gasteiger partial charge in [0.05, 0.1) is 18.8 Å². The van der Waals surface area contributed by atoms with E-state index in [0.717, 1.165) is 39.3 Å². The van der Waals surface area contributed by atoms with Gasteiger partial charge in [0.2, 0.25) is 0 Å². The normalized spacial score (nSPS) is 27.2. The number of alkyl halides is 1. The lowest BCUT2D eigenvalue weighted by molar-refractivity contribution is -0.0715. The quantitative estimate of drug-likeness (QED) is 0.510. The van der Waals surface area contributed by atoms with Crippen molar-refractivity contribution in [3.8, 4) is 0 Å². The molecule has 4 heteroatoms. The molecule has 0 amide bonds. The van der Waals surface area contributed by atoms with Gasteiger partial charge in [0.15, 0.2) is 0 Å². The minimum absolute atomic E-state index is 0.182. The summed E-state index contributed by atoms with van der Waals surface area (Å²) in [6, 6.07) is 0. The third kappa shape index (κ3) is 5.48. The predicted molar refractivity (Wildman–Crippen MR) is 67.2 cm³/mol. The second kappa shape index (κ2) is 8.29. The SMILES string of the molecule is CCCCOCCN1CC(C)OC(CCl)C1. The molecule has 0 aliphatic carbocycles. The molecule has 0 N–H and O–H groups in total. The van der Waals surface area contributed by atoms with Crippen LogP contribution in [0.2, 0.25) is 0 Å². The monoisotopic (exact) mass is 249 g/mol. The molecule has 16 heavy (non-hydrogen) atoms. The number of halogens is 1. The van der Waals surface area contributed by atoms with Crippen molar-refractivity contribution in [2.45, 2.75) is 38.9 Å². The largest absolute Gasteiger partial charge is 0.380 e. The van der Waals surface area contributed by atoms with Gasteiger partial charge in [0, 0.05) is 32.1 Å². The molecule has 0 saturated carbocycles. The summed E-state index contributed by atoms with van der Waals surface area (Å²) in [6.45, 7) is 8.90. The molecule has 1 aliphatic heterocycles. The van der Waals surface area contributed by atoms with Crippen LogP contribution >= 0.6 is 11.6 Å². The van der Waals surface area contributed by atoms with Crippen molar-refractivity contribution >= 4 is 11.6 Å². The Morgan fingerprint density at radius 2 is 2.19 bits per heavy atom. The van der Waals surface area contributed by atoms with Crippen LogP contribution < -0.4 is 0 Å². The van der Waals surface area contributed by atoms with Gasteiger partial charge in [-0.2, -0.15) is 0 Å². The van der Waals surface area contributed by atoms with Gasteiger partial charge in [-0.05, 0) is 13.3 Å². The first-order valence-electron chi connectivity index (χ1n) is 6.27. The van der Waals surface area contributed by atoms with E-state index in [-0.39, 0.29) is 12.2 Å². The molecule has 0 radical (unpaired) electrons. The van der Waals surface area contributed by atoms with E-state index in [9.17, 15) is 0 Å². The lowest BCUT2D eigenvalue weighted by Crippen LogP contribution is -2.48. The highest BCUT2D eigenvalue weighted by molar-refractivity contribution is 6.18. The molecule has 0 aromatic heterocycles. The standard InChI is InChI=1S/C12H24ClNO2/c1-3-4-6-15-7-5-14-9-11(2)16-12(8-13)10-14/h11-12H,3-10H2,1-2H3. The number of morpholine rings is 1. The molecular formula is C12H24ClNO2. The van der Waals surface area contributed by atoms with Gasteiger partial charge in [-0.3, -0.25) is 4.90 Å². The van der Waals surface area contributed by atoms with Crippen LogP contribution in [0.25, 0.3) is 0 Å². The Morgan fingerprint density at radius 3 is 2.88 bits per heavy atom. The molecule has 1 rings (SSSR count). The summed E-state index contributed by atoms with van der Waals surface area (Å²) in [5.41, 5.74) is 0. The van der Waals surface area contributed by atoms with Crippen LogP contribution in [-0.4, -0.2) is 55.8 Å². The molecule has 0 aromatic carbocycles. The van der Waals surface area contributed by atoms with E-state index in [2.05, 4.69) is 18.7 Å². The van der Waals surface area contributed by atoms with Crippen molar-refractivity contribution in [3.63, 3.8) is 0 Å². The summed E-state index contributed by atoms with van der Waals surface area (Å²) in [5.74, 6) is 0.581. The first-order chi connectivity index (χ1) is 7.76. The fraction of sp³-hybridized carbons (Fsp3) is 1.00. The number of ether oxygens (including phenoxy) is 2. The van der Waals surface area contributed by atoms with Gasteiger partial charge >= 0.3 is 0 Å². The van der Waals surface area contributed by atoms with E-state index < -0.39 is 0 Å². The second-order valence-corrected chi connectivity index (χ2v) is 4.76. The van der Waals surface area contributed by atoms with E-state index in [4.69, 9.17) is 21.1 Å². The van der Waals surface area contributed by atoms with Crippen molar-refractivity contribution in [1.82, 2.24) is 4.90 Å². The molecule has 1 heterocycles. The zero-order valence-electron chi connectivity index (χ0n) is 10.5. The first-order valence-corrected chi connectivity index (χ1v) is 6.81. The predicted octanol–water partition coefficient (Wildman–Crippen LogP) is 2.13. The van der Waals surface area contributed by atoms with E-state index in [1.807, 2.05) is 0 Å². The first kappa shape index (κ1) is 14.2. The number of nitrogens with zero attached hydrogens (tertiary/aromatic N) is 1. The highest BCUT2D eigenvalue weighted by atomic mass is 35.5. The van der Waals surface area contributed by atoms with Crippen molar-refractivity contribution in [1.29, 1.82) is 0 Å². The average Bonchev–Trinajstić information content (AvgIpc) is 2.28. The summed E-state index contributed by atoms with van der Waals surface area (Å²) >= 11 is 5.83. The van der Waals surface area contributed by atoms with Crippen molar-refractivity contribution in [2.24, 2.45) is 0 Å². The van der Waals surface area contributed by atoms with Crippen LogP contribution in [0.4, 0.5) is 0 Å². The number of unbranched alkanes of at least 4 members (excludes halogenated alkanes) is 1. The maximum atomic E-state index is 5.83. The maximum absolute atomic E-state index is 5.83. The fourth-order valence-electron chi connectivity index (χ4n) is 1.95. The molecular weight excluding hydrogens is 226 g/mol.